The van der Waals surface area contributed by atoms with Gasteiger partial charge in [0.05, 0.1) is 6.04 Å². The molecule has 3 heteroatoms. The number of nitrogens with two attached hydrogens (primary N) is 1. The normalized spacial score (nSPS) is 39.2. The van der Waals surface area contributed by atoms with E-state index in [0.717, 1.165) is 45.4 Å². The Labute approximate surface area is 123 Å². The van der Waals surface area contributed by atoms with Gasteiger partial charge in [0.15, 0.2) is 0 Å². The zero-order valence-electron chi connectivity index (χ0n) is 11.3. The Kier molecular flexibility index (Phi) is 2.22. The summed E-state index contributed by atoms with van der Waals surface area (Å²) in [5.74, 6) is 5.30. The number of rotatable bonds is 2. The van der Waals surface area contributed by atoms with E-state index < -0.39 is 0 Å². The molecule has 1 heterocycles. The molecule has 3 saturated carbocycles. The minimum atomic E-state index is 0.0691. The molecule has 3 aliphatic rings. The first-order valence-corrected chi connectivity index (χ1v) is 8.05. The maximum Gasteiger partial charge on any atom is 0.134 e. The van der Waals surface area contributed by atoms with Crippen molar-refractivity contribution >= 4 is 22.6 Å². The van der Waals surface area contributed by atoms with E-state index in [-0.39, 0.29) is 6.04 Å². The first-order chi connectivity index (χ1) is 9.72. The molecule has 1 aromatic heterocycles. The van der Waals surface area contributed by atoms with Crippen LogP contribution in [0.15, 0.2) is 28.7 Å². The van der Waals surface area contributed by atoms with Crippen LogP contribution in [0.2, 0.25) is 5.02 Å². The molecule has 0 spiro atoms. The second kappa shape index (κ2) is 3.80. The molecule has 5 atom stereocenters. The maximum absolute atomic E-state index is 6.52. The van der Waals surface area contributed by atoms with E-state index in [1.165, 1.54) is 19.3 Å². The third-order valence-corrected chi connectivity index (χ3v) is 6.27. The second-order valence-corrected chi connectivity index (χ2v) is 7.36. The van der Waals surface area contributed by atoms with E-state index in [9.17, 15) is 0 Å². The molecular weight excluding hydrogens is 270 g/mol. The fourth-order valence-corrected chi connectivity index (χ4v) is 5.44. The van der Waals surface area contributed by atoms with Crippen LogP contribution < -0.4 is 5.73 Å². The summed E-state index contributed by atoms with van der Waals surface area (Å²) >= 11 is 6.03. The van der Waals surface area contributed by atoms with E-state index in [0.29, 0.717) is 5.92 Å². The van der Waals surface area contributed by atoms with Crippen LogP contribution >= 0.6 is 11.6 Å². The molecule has 2 aromatic rings. The Hall–Kier alpha value is -0.990. The van der Waals surface area contributed by atoms with Gasteiger partial charge in [-0.15, -0.1) is 0 Å². The summed E-state index contributed by atoms with van der Waals surface area (Å²) in [4.78, 5) is 0. The van der Waals surface area contributed by atoms with Crippen molar-refractivity contribution in [3.8, 4) is 0 Å². The third-order valence-electron chi connectivity index (χ3n) is 6.04. The molecule has 0 saturated heterocycles. The summed E-state index contributed by atoms with van der Waals surface area (Å²) in [5, 5.41) is 1.82. The first-order valence-electron chi connectivity index (χ1n) is 7.67. The molecule has 2 nitrogen and oxygen atoms in total. The lowest BCUT2D eigenvalue weighted by Gasteiger charge is -2.13. The summed E-state index contributed by atoms with van der Waals surface area (Å²) < 4.78 is 5.96. The monoisotopic (exact) mass is 287 g/mol. The van der Waals surface area contributed by atoms with Gasteiger partial charge in [-0.2, -0.15) is 0 Å². The molecule has 5 unspecified atom stereocenters. The number of furan rings is 1. The van der Waals surface area contributed by atoms with Crippen molar-refractivity contribution in [2.75, 3.05) is 0 Å². The summed E-state index contributed by atoms with van der Waals surface area (Å²) in [6.45, 7) is 0. The van der Waals surface area contributed by atoms with Crippen LogP contribution in [-0.4, -0.2) is 0 Å². The average Bonchev–Trinajstić information content (AvgIpc) is 2.81. The molecule has 0 aliphatic heterocycles. The molecule has 2 N–H and O–H groups in total. The Morgan fingerprint density at radius 3 is 2.65 bits per heavy atom. The lowest BCUT2D eigenvalue weighted by Crippen LogP contribution is -2.16. The van der Waals surface area contributed by atoms with Crippen molar-refractivity contribution in [2.24, 2.45) is 35.3 Å². The number of fused-ring (bicyclic) bond motifs is 6. The van der Waals surface area contributed by atoms with Crippen LogP contribution in [0, 0.1) is 29.6 Å². The molecule has 3 aliphatic carbocycles. The Balaban J connectivity index is 1.47. The van der Waals surface area contributed by atoms with Gasteiger partial charge in [-0.25, -0.2) is 0 Å². The molecule has 3 fully saturated rings. The number of hydrogen-bond acceptors (Lipinski definition) is 2. The van der Waals surface area contributed by atoms with E-state index in [1.807, 2.05) is 18.2 Å². The SMILES string of the molecule is NC(c1cc2cc(Cl)ccc2o1)C1C2C3CCC(C3)C21. The molecular formula is C17H18ClNO. The predicted octanol–water partition coefficient (Wildman–Crippen LogP) is 4.38. The van der Waals surface area contributed by atoms with Crippen LogP contribution in [0.1, 0.15) is 31.1 Å². The zero-order valence-corrected chi connectivity index (χ0v) is 12.0. The smallest absolute Gasteiger partial charge is 0.134 e. The third kappa shape index (κ3) is 1.44. The van der Waals surface area contributed by atoms with Gasteiger partial charge in [-0.3, -0.25) is 0 Å². The van der Waals surface area contributed by atoms with E-state index in [1.54, 1.807) is 0 Å². The number of halogens is 1. The Bertz CT molecular complexity index is 677. The van der Waals surface area contributed by atoms with Gasteiger partial charge in [-0.05, 0) is 73.1 Å². The lowest BCUT2D eigenvalue weighted by molar-refractivity contribution is 0.379. The average molecular weight is 288 g/mol. The standard InChI is InChI=1S/C17H18ClNO/c18-11-3-4-12-10(6-11)7-13(20-12)17(19)16-14-8-1-2-9(5-8)15(14)16/h3-4,6-9,14-17H,1-2,5,19H2. The van der Waals surface area contributed by atoms with Crippen LogP contribution in [0.5, 0.6) is 0 Å². The van der Waals surface area contributed by atoms with Gasteiger partial charge in [0.1, 0.15) is 11.3 Å². The van der Waals surface area contributed by atoms with Gasteiger partial charge in [0.2, 0.25) is 0 Å². The van der Waals surface area contributed by atoms with E-state index >= 15 is 0 Å². The summed E-state index contributed by atoms with van der Waals surface area (Å²) in [5.41, 5.74) is 7.41. The molecule has 5 rings (SSSR count). The van der Waals surface area contributed by atoms with Gasteiger partial charge in [0.25, 0.3) is 0 Å². The van der Waals surface area contributed by atoms with Crippen molar-refractivity contribution in [2.45, 2.75) is 25.3 Å². The largest absolute Gasteiger partial charge is 0.459 e. The quantitative estimate of drug-likeness (QED) is 0.890. The first kappa shape index (κ1) is 11.6. The van der Waals surface area contributed by atoms with Crippen molar-refractivity contribution in [3.05, 3.63) is 35.0 Å². The van der Waals surface area contributed by atoms with Crippen LogP contribution in [0.3, 0.4) is 0 Å². The topological polar surface area (TPSA) is 39.2 Å². The highest BCUT2D eigenvalue weighted by Gasteiger charge is 2.66. The fraction of sp³-hybridized carbons (Fsp3) is 0.529. The highest BCUT2D eigenvalue weighted by molar-refractivity contribution is 6.31. The fourth-order valence-electron chi connectivity index (χ4n) is 5.26. The predicted molar refractivity (Wildman–Crippen MR) is 79.5 cm³/mol. The van der Waals surface area contributed by atoms with Crippen molar-refractivity contribution in [1.82, 2.24) is 0 Å². The minimum absolute atomic E-state index is 0.0691. The van der Waals surface area contributed by atoms with Crippen molar-refractivity contribution in [3.63, 3.8) is 0 Å². The Morgan fingerprint density at radius 1 is 1.15 bits per heavy atom. The molecule has 20 heavy (non-hydrogen) atoms. The highest BCUT2D eigenvalue weighted by atomic mass is 35.5. The molecule has 104 valence electrons. The van der Waals surface area contributed by atoms with Gasteiger partial charge < -0.3 is 10.2 Å². The molecule has 0 radical (unpaired) electrons. The summed E-state index contributed by atoms with van der Waals surface area (Å²) in [6.07, 6.45) is 4.34. The number of hydrogen-bond donors (Lipinski definition) is 1. The van der Waals surface area contributed by atoms with Crippen LogP contribution in [-0.2, 0) is 0 Å². The van der Waals surface area contributed by atoms with E-state index in [4.69, 9.17) is 21.8 Å². The summed E-state index contributed by atoms with van der Waals surface area (Å²) in [7, 11) is 0. The van der Waals surface area contributed by atoms with Gasteiger partial charge in [0, 0.05) is 10.4 Å². The molecule has 0 amide bonds. The Morgan fingerprint density at radius 2 is 1.90 bits per heavy atom. The highest BCUT2D eigenvalue weighted by Crippen LogP contribution is 2.71. The molecule has 2 bridgehead atoms. The second-order valence-electron chi connectivity index (χ2n) is 6.92. The van der Waals surface area contributed by atoms with Gasteiger partial charge in [-0.1, -0.05) is 11.6 Å². The van der Waals surface area contributed by atoms with Gasteiger partial charge >= 0.3 is 0 Å². The van der Waals surface area contributed by atoms with Crippen molar-refractivity contribution < 1.29 is 4.42 Å². The van der Waals surface area contributed by atoms with Crippen molar-refractivity contribution in [1.29, 1.82) is 0 Å². The molecule has 1 aromatic carbocycles. The van der Waals surface area contributed by atoms with Crippen LogP contribution in [0.25, 0.3) is 11.0 Å². The van der Waals surface area contributed by atoms with E-state index in [2.05, 4.69) is 6.07 Å². The maximum atomic E-state index is 6.52. The lowest BCUT2D eigenvalue weighted by atomic mass is 9.96. The number of benzene rings is 1. The minimum Gasteiger partial charge on any atom is -0.459 e. The zero-order chi connectivity index (χ0) is 13.4. The summed E-state index contributed by atoms with van der Waals surface area (Å²) in [6, 6.07) is 7.91. The van der Waals surface area contributed by atoms with Crippen LogP contribution in [0.4, 0.5) is 0 Å².